The summed E-state index contributed by atoms with van der Waals surface area (Å²) in [5.41, 5.74) is 2.70. The van der Waals surface area contributed by atoms with E-state index in [1.165, 1.54) is 17.8 Å². The summed E-state index contributed by atoms with van der Waals surface area (Å²) < 4.78 is 22.8. The van der Waals surface area contributed by atoms with Crippen molar-refractivity contribution in [1.82, 2.24) is 19.5 Å². The van der Waals surface area contributed by atoms with Crippen molar-refractivity contribution >= 4 is 30.8 Å². The molecule has 13 nitrogen and oxygen atoms in total. The minimum absolute atomic E-state index is 0.0194. The highest BCUT2D eigenvalue weighted by molar-refractivity contribution is 7.46. The molecule has 1 unspecified atom stereocenters. The summed E-state index contributed by atoms with van der Waals surface area (Å²) in [6.07, 6.45) is -0.138. The van der Waals surface area contributed by atoms with Gasteiger partial charge in [0, 0.05) is 13.1 Å². The zero-order valence-corrected chi connectivity index (χ0v) is 16.5. The van der Waals surface area contributed by atoms with E-state index in [1.54, 1.807) is 0 Å². The van der Waals surface area contributed by atoms with Crippen LogP contribution < -0.4 is 10.6 Å². The fourth-order valence-corrected chi connectivity index (χ4v) is 4.69. The maximum Gasteiger partial charge on any atom is 0.470 e. The molecule has 6 N–H and O–H groups in total. The fourth-order valence-electron chi connectivity index (χ4n) is 4.12. The number of anilines is 2. The van der Waals surface area contributed by atoms with Gasteiger partial charge in [-0.3, -0.25) is 9.09 Å². The zero-order chi connectivity index (χ0) is 20.9. The van der Waals surface area contributed by atoms with Crippen LogP contribution in [0.15, 0.2) is 6.33 Å². The van der Waals surface area contributed by atoms with Gasteiger partial charge in [-0.05, 0) is 19.8 Å². The molecule has 2 saturated carbocycles. The number of phosphoric acid groups is 1. The second-order valence-corrected chi connectivity index (χ2v) is 9.16. The molecule has 0 radical (unpaired) electrons. The molecule has 0 aromatic carbocycles. The van der Waals surface area contributed by atoms with Crippen molar-refractivity contribution in [2.45, 2.75) is 55.4 Å². The lowest BCUT2D eigenvalue weighted by molar-refractivity contribution is -0.155. The highest BCUT2D eigenvalue weighted by Gasteiger charge is 2.84. The maximum atomic E-state index is 11.1. The normalized spacial score (nSPS) is 36.4. The molecule has 0 spiro atoms. The van der Waals surface area contributed by atoms with E-state index < -0.39 is 37.5 Å². The molecule has 2 aromatic rings. The number of nitrogens with two attached hydrogens (primary N) is 1. The van der Waals surface area contributed by atoms with Crippen molar-refractivity contribution in [3.05, 3.63) is 6.33 Å². The second-order valence-electron chi connectivity index (χ2n) is 7.97. The summed E-state index contributed by atoms with van der Waals surface area (Å²) in [6, 6.07) is 0.349. The molecular formula is C15H21N6O7P. The maximum absolute atomic E-state index is 11.1. The summed E-state index contributed by atoms with van der Waals surface area (Å²) in [6.45, 7) is 1.30. The number of phosphoric ester groups is 1. The third kappa shape index (κ3) is 2.63. The molecule has 0 amide bonds. The molecule has 1 saturated heterocycles. The molecule has 3 aliphatic rings. The Bertz CT molecular complexity index is 1050. The number of fused-ring (bicyclic) bond motifs is 2. The molecule has 5 rings (SSSR count). The molecule has 29 heavy (non-hydrogen) atoms. The lowest BCUT2D eigenvalue weighted by Crippen LogP contribution is -2.48. The first-order valence-electron chi connectivity index (χ1n) is 9.02. The van der Waals surface area contributed by atoms with E-state index in [0.717, 1.165) is 12.8 Å². The van der Waals surface area contributed by atoms with Crippen LogP contribution in [0.4, 0.5) is 11.8 Å². The largest absolute Gasteiger partial charge is 0.470 e. The van der Waals surface area contributed by atoms with Crippen LogP contribution in [0.25, 0.3) is 11.2 Å². The van der Waals surface area contributed by atoms with E-state index in [-0.39, 0.29) is 5.95 Å². The lowest BCUT2D eigenvalue weighted by Gasteiger charge is -2.33. The molecule has 0 bridgehead atoms. The van der Waals surface area contributed by atoms with Gasteiger partial charge in [-0.1, -0.05) is 0 Å². The van der Waals surface area contributed by atoms with Crippen LogP contribution in [0.2, 0.25) is 0 Å². The smallest absolute Gasteiger partial charge is 0.382 e. The molecular weight excluding hydrogens is 407 g/mol. The van der Waals surface area contributed by atoms with Crippen LogP contribution in [0, 0.1) is 0 Å². The monoisotopic (exact) mass is 428 g/mol. The number of rotatable bonds is 5. The average Bonchev–Trinajstić information content (AvgIpc) is 3.48. The third-order valence-corrected chi connectivity index (χ3v) is 6.45. The topological polar surface area (TPSA) is 189 Å². The van der Waals surface area contributed by atoms with E-state index in [0.29, 0.717) is 23.0 Å². The molecule has 1 aliphatic heterocycles. The highest BCUT2D eigenvalue weighted by Crippen LogP contribution is 2.64. The van der Waals surface area contributed by atoms with Crippen LogP contribution in [0.3, 0.4) is 0 Å². The van der Waals surface area contributed by atoms with E-state index in [1.807, 2.05) is 11.9 Å². The van der Waals surface area contributed by atoms with E-state index in [4.69, 9.17) is 20.3 Å². The molecule has 2 aliphatic carbocycles. The summed E-state index contributed by atoms with van der Waals surface area (Å²) in [7, 11) is -2.98. The second kappa shape index (κ2) is 5.64. The Balaban J connectivity index is 1.52. The van der Waals surface area contributed by atoms with Gasteiger partial charge in [0.05, 0.1) is 6.33 Å². The quantitative estimate of drug-likeness (QED) is 0.361. The Kier molecular flexibility index (Phi) is 3.72. The summed E-state index contributed by atoms with van der Waals surface area (Å²) in [4.78, 5) is 32.9. The molecule has 158 valence electrons. The number of imidazole rings is 1. The van der Waals surface area contributed by atoms with Crippen molar-refractivity contribution < 1.29 is 33.8 Å². The average molecular weight is 428 g/mol. The number of ether oxygens (including phenoxy) is 1. The van der Waals surface area contributed by atoms with E-state index in [9.17, 15) is 14.8 Å². The fraction of sp³-hybridized carbons (Fsp3) is 0.667. The van der Waals surface area contributed by atoms with Gasteiger partial charge < -0.3 is 35.4 Å². The first-order valence-corrected chi connectivity index (χ1v) is 10.5. The minimum atomic E-state index is -4.87. The zero-order valence-electron chi connectivity index (χ0n) is 15.6. The first-order chi connectivity index (χ1) is 13.4. The van der Waals surface area contributed by atoms with Crippen molar-refractivity contribution in [1.29, 1.82) is 0 Å². The molecule has 2 aromatic heterocycles. The number of aliphatic hydroxyl groups is 2. The first kappa shape index (κ1) is 19.1. The lowest BCUT2D eigenvalue weighted by atomic mass is 9.95. The van der Waals surface area contributed by atoms with Gasteiger partial charge in [0.1, 0.15) is 17.8 Å². The van der Waals surface area contributed by atoms with E-state index in [2.05, 4.69) is 19.5 Å². The van der Waals surface area contributed by atoms with Crippen LogP contribution in [0.5, 0.6) is 0 Å². The van der Waals surface area contributed by atoms with Gasteiger partial charge in [0.15, 0.2) is 28.8 Å². The summed E-state index contributed by atoms with van der Waals surface area (Å²) in [5, 5.41) is 21.8. The molecule has 14 heteroatoms. The van der Waals surface area contributed by atoms with Gasteiger partial charge >= 0.3 is 7.82 Å². The number of hydrogen-bond donors (Lipinski definition) is 5. The number of hydrogen-bond acceptors (Lipinski definition) is 10. The Morgan fingerprint density at radius 2 is 2.07 bits per heavy atom. The number of nitrogens with zero attached hydrogens (tertiary/aromatic N) is 5. The Morgan fingerprint density at radius 3 is 2.62 bits per heavy atom. The van der Waals surface area contributed by atoms with Crippen molar-refractivity contribution in [2.75, 3.05) is 17.7 Å². The van der Waals surface area contributed by atoms with Crippen molar-refractivity contribution in [3.63, 3.8) is 0 Å². The Morgan fingerprint density at radius 1 is 1.38 bits per heavy atom. The van der Waals surface area contributed by atoms with Crippen LogP contribution >= 0.6 is 7.82 Å². The van der Waals surface area contributed by atoms with Gasteiger partial charge in [0.25, 0.3) is 0 Å². The van der Waals surface area contributed by atoms with Gasteiger partial charge in [0.2, 0.25) is 5.95 Å². The minimum Gasteiger partial charge on any atom is -0.382 e. The number of aromatic nitrogens is 4. The third-order valence-electron chi connectivity index (χ3n) is 5.95. The molecule has 3 fully saturated rings. The standard InChI is InChI=1S/C15H21N6O7P/c1-14(22)12(27-8-9(15(8,14)23)28-29(24,25)26)21-5-17-7-10(20(2)6-3-4-6)18-13(16)19-11(7)21/h5-6,8-9,12,22-23H,3-4H2,1-2H3,(H2,16,18,19)(H2,24,25,26)/t8-,9?,12-,14+,15+/m1/s1. The van der Waals surface area contributed by atoms with Crippen molar-refractivity contribution in [3.8, 4) is 0 Å². The SMILES string of the molecule is CN(c1nc(N)nc2c1ncn2[C@@H]1O[C@@H]2C(OP(=O)(O)O)[C@]2(O)[C@@]1(C)O)C1CC1. The molecule has 3 heterocycles. The predicted molar refractivity (Wildman–Crippen MR) is 97.6 cm³/mol. The Hall–Kier alpha value is -1.86. The Labute approximate surface area is 164 Å². The predicted octanol–water partition coefficient (Wildman–Crippen LogP) is -1.12. The number of nitrogen functional groups attached to an aromatic ring is 1. The van der Waals surface area contributed by atoms with Crippen LogP contribution in [0.1, 0.15) is 26.0 Å². The van der Waals surface area contributed by atoms with Gasteiger partial charge in [-0.15, -0.1) is 0 Å². The van der Waals surface area contributed by atoms with Crippen LogP contribution in [-0.2, 0) is 13.8 Å². The van der Waals surface area contributed by atoms with Crippen molar-refractivity contribution in [2.24, 2.45) is 0 Å². The van der Waals surface area contributed by atoms with Gasteiger partial charge in [-0.25, -0.2) is 9.55 Å². The van der Waals surface area contributed by atoms with Crippen LogP contribution in [-0.4, -0.2) is 76.0 Å². The summed E-state index contributed by atoms with van der Waals surface area (Å²) in [5.74, 6) is 0.573. The molecule has 5 atom stereocenters. The summed E-state index contributed by atoms with van der Waals surface area (Å²) >= 11 is 0. The highest BCUT2D eigenvalue weighted by atomic mass is 31.2. The van der Waals surface area contributed by atoms with E-state index >= 15 is 0 Å². The van der Waals surface area contributed by atoms with Gasteiger partial charge in [-0.2, -0.15) is 9.97 Å².